The summed E-state index contributed by atoms with van der Waals surface area (Å²) in [5, 5.41) is 2.37. The van der Waals surface area contributed by atoms with Crippen LogP contribution in [0.25, 0.3) is 0 Å². The highest BCUT2D eigenvalue weighted by Gasteiger charge is 2.15. The van der Waals surface area contributed by atoms with Crippen molar-refractivity contribution in [2.45, 2.75) is 26.3 Å². The Morgan fingerprint density at radius 3 is 2.53 bits per heavy atom. The van der Waals surface area contributed by atoms with Crippen molar-refractivity contribution in [2.75, 3.05) is 6.98 Å². The average molecular weight is 231 g/mol. The van der Waals surface area contributed by atoms with Gasteiger partial charge in [0.2, 0.25) is 0 Å². The Morgan fingerprint density at radius 2 is 2.07 bits per heavy atom. The first-order valence-electron chi connectivity index (χ1n) is 6.22. The number of benzene rings is 1. The molecule has 0 heterocycles. The van der Waals surface area contributed by atoms with Crippen LogP contribution in [-0.4, -0.2) is 18.8 Å². The van der Waals surface area contributed by atoms with Crippen molar-refractivity contribution < 1.29 is 8.91 Å². The summed E-state index contributed by atoms with van der Waals surface area (Å²) in [5.74, 6) is -0.177. The van der Waals surface area contributed by atoms with Crippen LogP contribution in [0.5, 0.6) is 0 Å². The molecule has 1 unspecified atom stereocenters. The second-order valence-corrected chi connectivity index (χ2v) is 3.34. The number of likely N-dealkylation sites (N-methyl/N-ethyl adjacent to an activating group) is 1. The van der Waals surface area contributed by atoms with E-state index in [1.807, 2.05) is 19.1 Å². The standard InChI is InChI=1S/C12H17NO.ClH/c1-4-11(13-3)12(14)10-7-5-9(2)6-8-10;/h5-8,11,13H,4H2,1-3H3;1H/i3D3;. The zero-order chi connectivity index (χ0) is 13.1. The molecule has 0 aliphatic rings. The zero-order valence-electron chi connectivity index (χ0n) is 11.9. The monoisotopic (exact) mass is 230 g/mol. The predicted molar refractivity (Wildman–Crippen MR) is 65.9 cm³/mol. The maximum absolute atomic E-state index is 12.1. The van der Waals surface area contributed by atoms with Crippen molar-refractivity contribution in [1.82, 2.24) is 5.32 Å². The molecule has 0 spiro atoms. The molecular formula is C12H18ClNO. The summed E-state index contributed by atoms with van der Waals surface area (Å²) in [6.45, 7) is 1.43. The molecule has 3 heteroatoms. The molecule has 0 amide bonds. The van der Waals surface area contributed by atoms with Gasteiger partial charge in [0.05, 0.1) is 6.04 Å². The smallest absolute Gasteiger partial charge is 0.179 e. The van der Waals surface area contributed by atoms with Gasteiger partial charge in [-0.1, -0.05) is 36.8 Å². The lowest BCUT2D eigenvalue weighted by Gasteiger charge is -2.12. The van der Waals surface area contributed by atoms with Gasteiger partial charge in [-0.25, -0.2) is 0 Å². The van der Waals surface area contributed by atoms with Crippen LogP contribution >= 0.6 is 12.4 Å². The Hall–Kier alpha value is -0.860. The SMILES string of the molecule is Cl.[2H]C([2H])([2H])NC(CC)C(=O)c1ccc(C)cc1. The molecule has 84 valence electrons. The molecule has 0 saturated carbocycles. The van der Waals surface area contributed by atoms with Crippen molar-refractivity contribution in [3.63, 3.8) is 0 Å². The summed E-state index contributed by atoms with van der Waals surface area (Å²) in [5.41, 5.74) is 1.61. The third-order valence-corrected chi connectivity index (χ3v) is 2.24. The normalized spacial score (nSPS) is 15.5. The summed E-state index contributed by atoms with van der Waals surface area (Å²) >= 11 is 0. The van der Waals surface area contributed by atoms with Gasteiger partial charge in [-0.15, -0.1) is 12.4 Å². The summed E-state index contributed by atoms with van der Waals surface area (Å²) in [7, 11) is 0. The van der Waals surface area contributed by atoms with Gasteiger partial charge in [-0.3, -0.25) is 4.79 Å². The maximum atomic E-state index is 12.1. The van der Waals surface area contributed by atoms with Crippen LogP contribution in [-0.2, 0) is 0 Å². The molecule has 1 aromatic carbocycles. The van der Waals surface area contributed by atoms with E-state index >= 15 is 0 Å². The Morgan fingerprint density at radius 1 is 1.47 bits per heavy atom. The van der Waals surface area contributed by atoms with E-state index in [0.717, 1.165) is 5.56 Å². The number of ketones is 1. The van der Waals surface area contributed by atoms with Gasteiger partial charge < -0.3 is 5.32 Å². The molecule has 2 nitrogen and oxygen atoms in total. The molecular weight excluding hydrogens is 210 g/mol. The number of hydrogen-bond donors (Lipinski definition) is 1. The van der Waals surface area contributed by atoms with E-state index in [0.29, 0.717) is 12.0 Å². The van der Waals surface area contributed by atoms with Crippen LogP contribution in [0, 0.1) is 6.92 Å². The number of hydrogen-bond acceptors (Lipinski definition) is 2. The molecule has 0 aliphatic carbocycles. The fourth-order valence-corrected chi connectivity index (χ4v) is 1.27. The second-order valence-electron chi connectivity index (χ2n) is 3.34. The van der Waals surface area contributed by atoms with Gasteiger partial charge in [0.25, 0.3) is 0 Å². The van der Waals surface area contributed by atoms with E-state index in [1.54, 1.807) is 19.1 Å². The van der Waals surface area contributed by atoms with Crippen LogP contribution < -0.4 is 5.32 Å². The highest BCUT2D eigenvalue weighted by molar-refractivity contribution is 6.00. The minimum atomic E-state index is -2.29. The molecule has 0 fully saturated rings. The fourth-order valence-electron chi connectivity index (χ4n) is 1.27. The highest BCUT2D eigenvalue weighted by Crippen LogP contribution is 2.07. The first kappa shape index (κ1) is 9.37. The number of aryl methyl sites for hydroxylation is 1. The van der Waals surface area contributed by atoms with Gasteiger partial charge in [0, 0.05) is 9.68 Å². The van der Waals surface area contributed by atoms with E-state index in [2.05, 4.69) is 5.32 Å². The highest BCUT2D eigenvalue weighted by atomic mass is 35.5. The molecule has 1 aromatic rings. The van der Waals surface area contributed by atoms with Gasteiger partial charge in [0.15, 0.2) is 5.78 Å². The predicted octanol–water partition coefficient (Wildman–Crippen LogP) is 2.60. The Kier molecular flexibility index (Phi) is 4.12. The minimum absolute atomic E-state index is 0. The Balaban J connectivity index is 0.00000289. The van der Waals surface area contributed by atoms with Crippen LogP contribution in [0.4, 0.5) is 0 Å². The Bertz CT molecular complexity index is 389. The van der Waals surface area contributed by atoms with Crippen LogP contribution in [0.3, 0.4) is 0 Å². The number of carbonyl (C=O) groups excluding carboxylic acids is 1. The molecule has 1 atom stereocenters. The molecule has 15 heavy (non-hydrogen) atoms. The molecule has 0 aromatic heterocycles. The molecule has 0 saturated heterocycles. The zero-order valence-corrected chi connectivity index (χ0v) is 9.73. The summed E-state index contributed by atoms with van der Waals surface area (Å²) < 4.78 is 21.4. The van der Waals surface area contributed by atoms with Gasteiger partial charge >= 0.3 is 0 Å². The van der Waals surface area contributed by atoms with Crippen molar-refractivity contribution in [1.29, 1.82) is 0 Å². The van der Waals surface area contributed by atoms with Crippen molar-refractivity contribution in [3.05, 3.63) is 35.4 Å². The molecule has 1 rings (SSSR count). The lowest BCUT2D eigenvalue weighted by Crippen LogP contribution is -2.33. The number of Topliss-reactive ketones (excluding diaryl/α,β-unsaturated/α-hetero) is 1. The first-order valence-corrected chi connectivity index (χ1v) is 4.72. The summed E-state index contributed by atoms with van der Waals surface area (Å²) in [6, 6.07) is 6.47. The van der Waals surface area contributed by atoms with E-state index in [1.165, 1.54) is 0 Å². The Labute approximate surface area is 102 Å². The molecule has 1 N–H and O–H groups in total. The quantitative estimate of drug-likeness (QED) is 0.806. The van der Waals surface area contributed by atoms with E-state index in [4.69, 9.17) is 4.11 Å². The number of nitrogens with one attached hydrogen (secondary N) is 1. The van der Waals surface area contributed by atoms with Crippen molar-refractivity contribution >= 4 is 18.2 Å². The fraction of sp³-hybridized carbons (Fsp3) is 0.417. The largest absolute Gasteiger partial charge is 0.310 e. The van der Waals surface area contributed by atoms with Gasteiger partial charge in [-0.2, -0.15) is 0 Å². The van der Waals surface area contributed by atoms with Crippen molar-refractivity contribution in [2.24, 2.45) is 0 Å². The summed E-state index contributed by atoms with van der Waals surface area (Å²) in [6.07, 6.45) is 0.450. The third kappa shape index (κ3) is 3.65. The first-order chi connectivity index (χ1) is 7.83. The van der Waals surface area contributed by atoms with Crippen LogP contribution in [0.2, 0.25) is 0 Å². The van der Waals surface area contributed by atoms with Crippen LogP contribution in [0.1, 0.15) is 33.4 Å². The van der Waals surface area contributed by atoms with Gasteiger partial charge in [-0.05, 0) is 20.3 Å². The summed E-state index contributed by atoms with van der Waals surface area (Å²) in [4.78, 5) is 12.1. The molecule has 0 bridgehead atoms. The second kappa shape index (κ2) is 6.59. The number of carbonyl (C=O) groups is 1. The number of halogens is 1. The topological polar surface area (TPSA) is 29.1 Å². The minimum Gasteiger partial charge on any atom is -0.310 e. The third-order valence-electron chi connectivity index (χ3n) is 2.24. The van der Waals surface area contributed by atoms with Crippen LogP contribution in [0.15, 0.2) is 24.3 Å². The molecule has 0 aliphatic heterocycles. The lowest BCUT2D eigenvalue weighted by atomic mass is 10.0. The van der Waals surface area contributed by atoms with Gasteiger partial charge in [0.1, 0.15) is 0 Å². The lowest BCUT2D eigenvalue weighted by molar-refractivity contribution is 0.0945. The molecule has 0 radical (unpaired) electrons. The van der Waals surface area contributed by atoms with E-state index in [9.17, 15) is 4.79 Å². The van der Waals surface area contributed by atoms with Crippen molar-refractivity contribution in [3.8, 4) is 0 Å². The number of rotatable bonds is 4. The maximum Gasteiger partial charge on any atom is 0.179 e. The van der Waals surface area contributed by atoms with E-state index < -0.39 is 13.0 Å². The van der Waals surface area contributed by atoms with E-state index in [-0.39, 0.29) is 18.2 Å². The average Bonchev–Trinajstić information content (AvgIpc) is 2.25.